The Balaban J connectivity index is 2.01. The molecule has 104 valence electrons. The number of rotatable bonds is 3. The van der Waals surface area contributed by atoms with Gasteiger partial charge in [-0.1, -0.05) is 18.2 Å². The van der Waals surface area contributed by atoms with Gasteiger partial charge in [-0.25, -0.2) is 4.79 Å². The van der Waals surface area contributed by atoms with E-state index >= 15 is 0 Å². The zero-order chi connectivity index (χ0) is 14.8. The van der Waals surface area contributed by atoms with Crippen molar-refractivity contribution in [2.24, 2.45) is 0 Å². The number of aromatic hydroxyl groups is 1. The summed E-state index contributed by atoms with van der Waals surface area (Å²) in [7, 11) is 0. The largest absolute Gasteiger partial charge is 0.507 e. The molecule has 3 rings (SSSR count). The molecule has 6 heteroatoms. The summed E-state index contributed by atoms with van der Waals surface area (Å²) in [6.45, 7) is 0. The van der Waals surface area contributed by atoms with Crippen LogP contribution in [-0.2, 0) is 0 Å². The molecule has 0 aliphatic heterocycles. The van der Waals surface area contributed by atoms with E-state index < -0.39 is 5.97 Å². The van der Waals surface area contributed by atoms with Gasteiger partial charge in [0.2, 0.25) is 5.89 Å². The number of aromatic carboxylic acids is 1. The lowest BCUT2D eigenvalue weighted by Crippen LogP contribution is -1.95. The maximum absolute atomic E-state index is 11.0. The quantitative estimate of drug-likeness (QED) is 0.766. The van der Waals surface area contributed by atoms with Crippen LogP contribution in [0.15, 0.2) is 52.9 Å². The van der Waals surface area contributed by atoms with Crippen molar-refractivity contribution in [3.05, 3.63) is 54.1 Å². The highest BCUT2D eigenvalue weighted by molar-refractivity contribution is 5.89. The smallest absolute Gasteiger partial charge is 0.335 e. The van der Waals surface area contributed by atoms with Gasteiger partial charge in [0.15, 0.2) is 0 Å². The number of para-hydroxylation sites is 1. The molecule has 0 fully saturated rings. The Bertz CT molecular complexity index is 811. The van der Waals surface area contributed by atoms with Crippen molar-refractivity contribution in [2.75, 3.05) is 0 Å². The van der Waals surface area contributed by atoms with Gasteiger partial charge in [0.25, 0.3) is 5.89 Å². The minimum absolute atomic E-state index is 0.0342. The number of aromatic nitrogens is 2. The zero-order valence-corrected chi connectivity index (χ0v) is 10.7. The normalized spacial score (nSPS) is 10.5. The molecule has 0 unspecified atom stereocenters. The summed E-state index contributed by atoms with van der Waals surface area (Å²) in [5.41, 5.74) is 1.06. The van der Waals surface area contributed by atoms with E-state index in [0.29, 0.717) is 11.1 Å². The van der Waals surface area contributed by atoms with Gasteiger partial charge in [0.05, 0.1) is 11.1 Å². The Kier molecular flexibility index (Phi) is 3.12. The number of hydrogen-bond acceptors (Lipinski definition) is 5. The van der Waals surface area contributed by atoms with Crippen LogP contribution in [0, 0.1) is 0 Å². The number of nitrogens with zero attached hydrogens (tertiary/aromatic N) is 2. The van der Waals surface area contributed by atoms with Gasteiger partial charge < -0.3 is 14.6 Å². The second-order valence-electron chi connectivity index (χ2n) is 4.32. The molecule has 1 heterocycles. The number of hydrogen-bond donors (Lipinski definition) is 2. The van der Waals surface area contributed by atoms with Crippen LogP contribution < -0.4 is 0 Å². The van der Waals surface area contributed by atoms with Crippen LogP contribution in [0.3, 0.4) is 0 Å². The number of carbonyl (C=O) groups is 1. The van der Waals surface area contributed by atoms with Gasteiger partial charge in [0.1, 0.15) is 5.75 Å². The van der Waals surface area contributed by atoms with Crippen molar-refractivity contribution < 1.29 is 19.4 Å². The summed E-state index contributed by atoms with van der Waals surface area (Å²) in [5.74, 6) is -0.635. The first-order valence-electron chi connectivity index (χ1n) is 6.11. The van der Waals surface area contributed by atoms with E-state index in [1.807, 2.05) is 0 Å². The maximum Gasteiger partial charge on any atom is 0.335 e. The first-order chi connectivity index (χ1) is 10.1. The maximum atomic E-state index is 11.0. The third kappa shape index (κ3) is 2.46. The zero-order valence-electron chi connectivity index (χ0n) is 10.7. The van der Waals surface area contributed by atoms with Gasteiger partial charge in [-0.2, -0.15) is 0 Å². The highest BCUT2D eigenvalue weighted by Crippen LogP contribution is 2.29. The standard InChI is InChI=1S/C15H10N2O4/c18-12-7-2-1-6-11(12)14-17-16-13(21-14)9-4-3-5-10(8-9)15(19)20/h1-8,18H,(H,19,20). The third-order valence-electron chi connectivity index (χ3n) is 2.92. The van der Waals surface area contributed by atoms with E-state index in [0.717, 1.165) is 0 Å². The van der Waals surface area contributed by atoms with Crippen molar-refractivity contribution in [2.45, 2.75) is 0 Å². The number of carboxylic acids is 1. The van der Waals surface area contributed by atoms with Gasteiger partial charge in [-0.05, 0) is 30.3 Å². The highest BCUT2D eigenvalue weighted by atomic mass is 16.4. The minimum atomic E-state index is -1.03. The van der Waals surface area contributed by atoms with Gasteiger partial charge in [-0.3, -0.25) is 0 Å². The number of benzene rings is 2. The molecule has 0 aliphatic rings. The van der Waals surface area contributed by atoms with Gasteiger partial charge >= 0.3 is 5.97 Å². The fraction of sp³-hybridized carbons (Fsp3) is 0. The Morgan fingerprint density at radius 3 is 2.52 bits per heavy atom. The number of phenolic OH excluding ortho intramolecular Hbond substituents is 1. The lowest BCUT2D eigenvalue weighted by molar-refractivity contribution is 0.0697. The molecular formula is C15H10N2O4. The van der Waals surface area contributed by atoms with Crippen molar-refractivity contribution in [1.82, 2.24) is 10.2 Å². The molecule has 0 bridgehead atoms. The third-order valence-corrected chi connectivity index (χ3v) is 2.92. The van der Waals surface area contributed by atoms with Gasteiger partial charge in [-0.15, -0.1) is 10.2 Å². The molecular weight excluding hydrogens is 272 g/mol. The average Bonchev–Trinajstić information content (AvgIpc) is 2.97. The van der Waals surface area contributed by atoms with Crippen LogP contribution in [0.1, 0.15) is 10.4 Å². The van der Waals surface area contributed by atoms with E-state index in [4.69, 9.17) is 9.52 Å². The molecule has 21 heavy (non-hydrogen) atoms. The van der Waals surface area contributed by atoms with E-state index in [2.05, 4.69) is 10.2 Å². The van der Waals surface area contributed by atoms with Gasteiger partial charge in [0, 0.05) is 5.56 Å². The molecule has 0 saturated carbocycles. The molecule has 2 N–H and O–H groups in total. The summed E-state index contributed by atoms with van der Waals surface area (Å²) >= 11 is 0. The topological polar surface area (TPSA) is 96.5 Å². The molecule has 0 saturated heterocycles. The SMILES string of the molecule is O=C(O)c1cccc(-c2nnc(-c3ccccc3O)o2)c1. The Hall–Kier alpha value is -3.15. The number of carboxylic acid groups (broad SMARTS) is 1. The van der Waals surface area contributed by atoms with Crippen LogP contribution in [0.4, 0.5) is 0 Å². The lowest BCUT2D eigenvalue weighted by atomic mass is 10.1. The van der Waals surface area contributed by atoms with Crippen LogP contribution in [-0.4, -0.2) is 26.4 Å². The molecule has 2 aromatic carbocycles. The molecule has 0 atom stereocenters. The summed E-state index contributed by atoms with van der Waals surface area (Å²) in [6.07, 6.45) is 0. The predicted octanol–water partition coefficient (Wildman–Crippen LogP) is 2.81. The fourth-order valence-electron chi connectivity index (χ4n) is 1.89. The molecule has 0 aliphatic carbocycles. The molecule has 3 aromatic rings. The molecule has 0 spiro atoms. The molecule has 0 amide bonds. The monoisotopic (exact) mass is 282 g/mol. The lowest BCUT2D eigenvalue weighted by Gasteiger charge is -1.98. The van der Waals surface area contributed by atoms with Crippen LogP contribution in [0.2, 0.25) is 0 Å². The summed E-state index contributed by atoms with van der Waals surface area (Å²) < 4.78 is 5.50. The summed E-state index contributed by atoms with van der Waals surface area (Å²) in [5, 5.41) is 26.5. The van der Waals surface area contributed by atoms with Crippen molar-refractivity contribution in [3.63, 3.8) is 0 Å². The second-order valence-corrected chi connectivity index (χ2v) is 4.32. The Labute approximate surface area is 119 Å². The Morgan fingerprint density at radius 2 is 1.76 bits per heavy atom. The van der Waals surface area contributed by atoms with Crippen LogP contribution in [0.25, 0.3) is 22.9 Å². The first-order valence-corrected chi connectivity index (χ1v) is 6.11. The number of phenols is 1. The highest BCUT2D eigenvalue weighted by Gasteiger charge is 2.14. The molecule has 1 aromatic heterocycles. The van der Waals surface area contributed by atoms with E-state index in [1.165, 1.54) is 18.2 Å². The second kappa shape index (κ2) is 5.09. The predicted molar refractivity (Wildman–Crippen MR) is 73.8 cm³/mol. The van der Waals surface area contributed by atoms with Crippen molar-refractivity contribution in [3.8, 4) is 28.7 Å². The first kappa shape index (κ1) is 12.9. The van der Waals surface area contributed by atoms with Crippen molar-refractivity contribution >= 4 is 5.97 Å². The fourth-order valence-corrected chi connectivity index (χ4v) is 1.89. The summed E-state index contributed by atoms with van der Waals surface area (Å²) in [6, 6.07) is 12.8. The van der Waals surface area contributed by atoms with E-state index in [-0.39, 0.29) is 23.1 Å². The Morgan fingerprint density at radius 1 is 1.00 bits per heavy atom. The van der Waals surface area contributed by atoms with E-state index in [9.17, 15) is 9.90 Å². The van der Waals surface area contributed by atoms with Crippen molar-refractivity contribution in [1.29, 1.82) is 0 Å². The molecule has 0 radical (unpaired) electrons. The van der Waals surface area contributed by atoms with Crippen LogP contribution in [0.5, 0.6) is 5.75 Å². The minimum Gasteiger partial charge on any atom is -0.507 e. The van der Waals surface area contributed by atoms with E-state index in [1.54, 1.807) is 30.3 Å². The summed E-state index contributed by atoms with van der Waals surface area (Å²) in [4.78, 5) is 11.0. The average molecular weight is 282 g/mol. The van der Waals surface area contributed by atoms with Crippen LogP contribution >= 0.6 is 0 Å². The molecule has 6 nitrogen and oxygen atoms in total.